The van der Waals surface area contributed by atoms with Crippen LogP contribution in [0.5, 0.6) is 0 Å². The van der Waals surface area contributed by atoms with Gasteiger partial charge >= 0.3 is 5.97 Å². The molecule has 0 saturated carbocycles. The SMILES string of the molecule is Nc1c(C(=O)O)ccnc1NCCCN1CCOCC1. The summed E-state index contributed by atoms with van der Waals surface area (Å²) in [5.74, 6) is -0.604. The second kappa shape index (κ2) is 7.06. The number of nitrogens with two attached hydrogens (primary N) is 1. The Labute approximate surface area is 117 Å². The van der Waals surface area contributed by atoms with Crippen molar-refractivity contribution in [3.63, 3.8) is 0 Å². The normalized spacial score (nSPS) is 16.0. The average molecular weight is 280 g/mol. The minimum atomic E-state index is -1.04. The number of carboxylic acid groups (broad SMARTS) is 1. The summed E-state index contributed by atoms with van der Waals surface area (Å²) in [6, 6.07) is 1.40. The van der Waals surface area contributed by atoms with Gasteiger partial charge < -0.3 is 20.9 Å². The van der Waals surface area contributed by atoms with Gasteiger partial charge in [-0.2, -0.15) is 0 Å². The Morgan fingerprint density at radius 2 is 2.25 bits per heavy atom. The van der Waals surface area contributed by atoms with Crippen molar-refractivity contribution in [3.8, 4) is 0 Å². The first-order chi connectivity index (χ1) is 9.68. The number of nitrogen functional groups attached to an aromatic ring is 1. The molecule has 0 spiro atoms. The molecule has 1 fully saturated rings. The average Bonchev–Trinajstić information content (AvgIpc) is 2.46. The number of morpholine rings is 1. The molecule has 0 atom stereocenters. The molecule has 0 unspecified atom stereocenters. The largest absolute Gasteiger partial charge is 0.478 e. The van der Waals surface area contributed by atoms with Gasteiger partial charge in [0.1, 0.15) is 5.82 Å². The van der Waals surface area contributed by atoms with Gasteiger partial charge in [0.15, 0.2) is 0 Å². The number of carbonyl (C=O) groups is 1. The zero-order valence-corrected chi connectivity index (χ0v) is 11.3. The van der Waals surface area contributed by atoms with Gasteiger partial charge in [0, 0.05) is 25.8 Å². The Hall–Kier alpha value is -1.86. The van der Waals surface area contributed by atoms with Gasteiger partial charge in [0.25, 0.3) is 0 Å². The fourth-order valence-electron chi connectivity index (χ4n) is 2.13. The number of pyridine rings is 1. The minimum absolute atomic E-state index is 0.0793. The van der Waals surface area contributed by atoms with E-state index in [0.29, 0.717) is 12.4 Å². The Morgan fingerprint density at radius 1 is 1.50 bits per heavy atom. The number of rotatable bonds is 6. The lowest BCUT2D eigenvalue weighted by Crippen LogP contribution is -2.37. The standard InChI is InChI=1S/C13H20N4O3/c14-11-10(13(18)19)2-4-16-12(11)15-3-1-5-17-6-8-20-9-7-17/h2,4H,1,3,5-9,14H2,(H,15,16)(H,18,19). The molecule has 7 heteroatoms. The number of hydrogen-bond acceptors (Lipinski definition) is 6. The molecule has 1 aromatic rings. The van der Waals surface area contributed by atoms with Crippen molar-refractivity contribution >= 4 is 17.5 Å². The maximum Gasteiger partial charge on any atom is 0.337 e. The molecule has 110 valence electrons. The Bertz CT molecular complexity index is 461. The number of aromatic nitrogens is 1. The predicted molar refractivity (Wildman–Crippen MR) is 76.0 cm³/mol. The molecule has 0 amide bonds. The highest BCUT2D eigenvalue weighted by Gasteiger charge is 2.12. The minimum Gasteiger partial charge on any atom is -0.478 e. The summed E-state index contributed by atoms with van der Waals surface area (Å²) in [4.78, 5) is 17.4. The molecule has 0 aliphatic carbocycles. The van der Waals surface area contributed by atoms with Crippen molar-refractivity contribution in [2.24, 2.45) is 0 Å². The van der Waals surface area contributed by atoms with Crippen LogP contribution in [0.3, 0.4) is 0 Å². The Kier molecular flexibility index (Phi) is 5.14. The maximum atomic E-state index is 11.0. The number of nitrogens with zero attached hydrogens (tertiary/aromatic N) is 2. The summed E-state index contributed by atoms with van der Waals surface area (Å²) in [5.41, 5.74) is 6.04. The summed E-state index contributed by atoms with van der Waals surface area (Å²) in [6.45, 7) is 5.21. The van der Waals surface area contributed by atoms with Crippen molar-refractivity contribution < 1.29 is 14.6 Å². The van der Waals surface area contributed by atoms with Gasteiger partial charge in [-0.1, -0.05) is 0 Å². The molecular weight excluding hydrogens is 260 g/mol. The molecular formula is C13H20N4O3. The van der Waals surface area contributed by atoms with Gasteiger partial charge in [0.05, 0.1) is 24.5 Å². The molecule has 1 aromatic heterocycles. The van der Waals surface area contributed by atoms with Crippen LogP contribution in [-0.4, -0.2) is 60.4 Å². The summed E-state index contributed by atoms with van der Waals surface area (Å²) >= 11 is 0. The van der Waals surface area contributed by atoms with Crippen LogP contribution in [-0.2, 0) is 4.74 Å². The smallest absolute Gasteiger partial charge is 0.337 e. The summed E-state index contributed by atoms with van der Waals surface area (Å²) < 4.78 is 5.29. The van der Waals surface area contributed by atoms with E-state index in [9.17, 15) is 4.79 Å². The van der Waals surface area contributed by atoms with E-state index in [1.807, 2.05) is 0 Å². The van der Waals surface area contributed by atoms with Crippen molar-refractivity contribution in [1.29, 1.82) is 0 Å². The first kappa shape index (κ1) is 14.5. The monoisotopic (exact) mass is 280 g/mol. The summed E-state index contributed by atoms with van der Waals surface area (Å²) in [7, 11) is 0. The van der Waals surface area contributed by atoms with Crippen molar-refractivity contribution in [1.82, 2.24) is 9.88 Å². The van der Waals surface area contributed by atoms with Crippen LogP contribution in [0.15, 0.2) is 12.3 Å². The molecule has 2 rings (SSSR count). The van der Waals surface area contributed by atoms with E-state index in [1.54, 1.807) is 0 Å². The van der Waals surface area contributed by atoms with E-state index < -0.39 is 5.97 Å². The first-order valence-corrected chi connectivity index (χ1v) is 6.70. The van der Waals surface area contributed by atoms with Gasteiger partial charge in [-0.25, -0.2) is 9.78 Å². The lowest BCUT2D eigenvalue weighted by Gasteiger charge is -2.26. The molecule has 0 aromatic carbocycles. The fraction of sp³-hybridized carbons (Fsp3) is 0.538. The highest BCUT2D eigenvalue weighted by molar-refractivity contribution is 5.96. The van der Waals surface area contributed by atoms with Crippen LogP contribution in [0.4, 0.5) is 11.5 Å². The predicted octanol–water partition coefficient (Wildman–Crippen LogP) is 0.496. The molecule has 20 heavy (non-hydrogen) atoms. The lowest BCUT2D eigenvalue weighted by molar-refractivity contribution is 0.0378. The zero-order valence-electron chi connectivity index (χ0n) is 11.3. The molecule has 7 nitrogen and oxygen atoms in total. The third kappa shape index (κ3) is 3.82. The zero-order chi connectivity index (χ0) is 14.4. The Balaban J connectivity index is 1.79. The molecule has 4 N–H and O–H groups in total. The second-order valence-electron chi connectivity index (χ2n) is 4.66. The van der Waals surface area contributed by atoms with E-state index in [-0.39, 0.29) is 11.3 Å². The van der Waals surface area contributed by atoms with E-state index in [0.717, 1.165) is 39.3 Å². The van der Waals surface area contributed by atoms with Gasteiger partial charge in [0.2, 0.25) is 0 Å². The first-order valence-electron chi connectivity index (χ1n) is 6.70. The van der Waals surface area contributed by atoms with Crippen LogP contribution in [0.2, 0.25) is 0 Å². The van der Waals surface area contributed by atoms with E-state index in [2.05, 4.69) is 15.2 Å². The number of aromatic carboxylic acids is 1. The van der Waals surface area contributed by atoms with E-state index in [1.165, 1.54) is 12.3 Å². The second-order valence-corrected chi connectivity index (χ2v) is 4.66. The topological polar surface area (TPSA) is 101 Å². The number of ether oxygens (including phenoxy) is 1. The van der Waals surface area contributed by atoms with Gasteiger partial charge in [-0.05, 0) is 19.0 Å². The summed E-state index contributed by atoms with van der Waals surface area (Å²) in [5, 5.41) is 12.1. The number of carboxylic acids is 1. The lowest BCUT2D eigenvalue weighted by atomic mass is 10.2. The van der Waals surface area contributed by atoms with Crippen molar-refractivity contribution in [2.75, 3.05) is 50.4 Å². The van der Waals surface area contributed by atoms with Gasteiger partial charge in [-0.15, -0.1) is 0 Å². The fourth-order valence-corrected chi connectivity index (χ4v) is 2.13. The van der Waals surface area contributed by atoms with E-state index >= 15 is 0 Å². The Morgan fingerprint density at radius 3 is 2.95 bits per heavy atom. The highest BCUT2D eigenvalue weighted by atomic mass is 16.5. The number of hydrogen-bond donors (Lipinski definition) is 3. The van der Waals surface area contributed by atoms with Crippen LogP contribution >= 0.6 is 0 Å². The van der Waals surface area contributed by atoms with Gasteiger partial charge in [-0.3, -0.25) is 4.90 Å². The third-order valence-electron chi connectivity index (χ3n) is 3.27. The maximum absolute atomic E-state index is 11.0. The highest BCUT2D eigenvalue weighted by Crippen LogP contribution is 2.19. The van der Waals surface area contributed by atoms with E-state index in [4.69, 9.17) is 15.6 Å². The molecule has 0 radical (unpaired) electrons. The molecule has 2 heterocycles. The molecule has 1 aliphatic heterocycles. The van der Waals surface area contributed by atoms with Crippen molar-refractivity contribution in [3.05, 3.63) is 17.8 Å². The molecule has 1 saturated heterocycles. The van der Waals surface area contributed by atoms with Crippen molar-refractivity contribution in [2.45, 2.75) is 6.42 Å². The summed E-state index contributed by atoms with van der Waals surface area (Å²) in [6.07, 6.45) is 2.39. The van der Waals surface area contributed by atoms with Crippen LogP contribution in [0.1, 0.15) is 16.8 Å². The van der Waals surface area contributed by atoms with Crippen LogP contribution in [0.25, 0.3) is 0 Å². The molecule has 1 aliphatic rings. The number of anilines is 2. The third-order valence-corrected chi connectivity index (χ3v) is 3.27. The quantitative estimate of drug-likeness (QED) is 0.652. The van der Waals surface area contributed by atoms with Crippen LogP contribution < -0.4 is 11.1 Å². The van der Waals surface area contributed by atoms with Crippen LogP contribution in [0, 0.1) is 0 Å². The number of nitrogens with one attached hydrogen (secondary N) is 1. The molecule has 0 bridgehead atoms.